The number of aliphatic carboxylic acids is 1. The SMILES string of the molecule is CC(C(=O)O)N(C)c1ccc(C2CCCCC2)cc1. The molecule has 0 aromatic heterocycles. The van der Waals surface area contributed by atoms with Crippen LogP contribution in [0.4, 0.5) is 5.69 Å². The molecule has 3 heteroatoms. The molecule has 0 aliphatic heterocycles. The van der Waals surface area contributed by atoms with Crippen LogP contribution in [0.2, 0.25) is 0 Å². The predicted octanol–water partition coefficient (Wildman–Crippen LogP) is 3.64. The minimum absolute atomic E-state index is 0.500. The van der Waals surface area contributed by atoms with Crippen molar-refractivity contribution in [3.8, 4) is 0 Å². The molecule has 2 rings (SSSR count). The standard InChI is InChI=1S/C16H23NO2/c1-12(16(18)19)17(2)15-10-8-14(9-11-15)13-6-4-3-5-7-13/h8-13H,3-7H2,1-2H3,(H,18,19). The van der Waals surface area contributed by atoms with Crippen molar-refractivity contribution in [3.63, 3.8) is 0 Å². The Morgan fingerprint density at radius 3 is 2.32 bits per heavy atom. The van der Waals surface area contributed by atoms with Crippen molar-refractivity contribution < 1.29 is 9.90 Å². The number of carboxylic acid groups (broad SMARTS) is 1. The molecule has 0 heterocycles. The molecule has 104 valence electrons. The summed E-state index contributed by atoms with van der Waals surface area (Å²) in [6.45, 7) is 1.71. The normalized spacial score (nSPS) is 18.0. The Kier molecular flexibility index (Phi) is 4.46. The molecule has 1 aromatic carbocycles. The van der Waals surface area contributed by atoms with E-state index in [1.54, 1.807) is 11.8 Å². The minimum atomic E-state index is -0.793. The molecule has 1 saturated carbocycles. The molecule has 1 N–H and O–H groups in total. The number of benzene rings is 1. The fourth-order valence-electron chi connectivity index (χ4n) is 2.81. The minimum Gasteiger partial charge on any atom is -0.480 e. The van der Waals surface area contributed by atoms with Crippen molar-refractivity contribution in [3.05, 3.63) is 29.8 Å². The number of carboxylic acids is 1. The Labute approximate surface area is 115 Å². The lowest BCUT2D eigenvalue weighted by Gasteiger charge is -2.25. The van der Waals surface area contributed by atoms with Gasteiger partial charge >= 0.3 is 5.97 Å². The third-order valence-corrected chi connectivity index (χ3v) is 4.32. The maximum Gasteiger partial charge on any atom is 0.326 e. The topological polar surface area (TPSA) is 40.5 Å². The first-order valence-corrected chi connectivity index (χ1v) is 7.15. The molecule has 1 unspecified atom stereocenters. The summed E-state index contributed by atoms with van der Waals surface area (Å²) in [5, 5.41) is 9.03. The molecule has 1 aliphatic carbocycles. The molecule has 0 spiro atoms. The highest BCUT2D eigenvalue weighted by atomic mass is 16.4. The van der Waals surface area contributed by atoms with Gasteiger partial charge in [-0.15, -0.1) is 0 Å². The first-order chi connectivity index (χ1) is 9.09. The number of likely N-dealkylation sites (N-methyl/N-ethyl adjacent to an activating group) is 1. The molecule has 1 fully saturated rings. The van der Waals surface area contributed by atoms with Crippen molar-refractivity contribution in [1.82, 2.24) is 0 Å². The number of carbonyl (C=O) groups is 1. The van der Waals surface area contributed by atoms with Crippen LogP contribution < -0.4 is 4.90 Å². The summed E-state index contributed by atoms with van der Waals surface area (Å²) >= 11 is 0. The van der Waals surface area contributed by atoms with Gasteiger partial charge in [0.05, 0.1) is 0 Å². The Hall–Kier alpha value is -1.51. The fraction of sp³-hybridized carbons (Fsp3) is 0.562. The van der Waals surface area contributed by atoms with Crippen LogP contribution in [0.25, 0.3) is 0 Å². The van der Waals surface area contributed by atoms with Gasteiger partial charge < -0.3 is 10.0 Å². The van der Waals surface area contributed by atoms with Crippen molar-refractivity contribution >= 4 is 11.7 Å². The number of hydrogen-bond acceptors (Lipinski definition) is 2. The lowest BCUT2D eigenvalue weighted by molar-refractivity contribution is -0.138. The Morgan fingerprint density at radius 2 is 1.79 bits per heavy atom. The first-order valence-electron chi connectivity index (χ1n) is 7.15. The Balaban J connectivity index is 2.07. The maximum absolute atomic E-state index is 11.0. The van der Waals surface area contributed by atoms with Crippen LogP contribution in [0.3, 0.4) is 0 Å². The summed E-state index contributed by atoms with van der Waals surface area (Å²) in [7, 11) is 1.83. The summed E-state index contributed by atoms with van der Waals surface area (Å²) in [6, 6.07) is 7.92. The zero-order valence-electron chi connectivity index (χ0n) is 11.8. The van der Waals surface area contributed by atoms with E-state index in [1.165, 1.54) is 37.7 Å². The smallest absolute Gasteiger partial charge is 0.326 e. The molecular formula is C16H23NO2. The van der Waals surface area contributed by atoms with Gasteiger partial charge in [-0.25, -0.2) is 4.79 Å². The fourth-order valence-corrected chi connectivity index (χ4v) is 2.81. The van der Waals surface area contributed by atoms with Gasteiger partial charge in [-0.2, -0.15) is 0 Å². The van der Waals surface area contributed by atoms with Crippen molar-refractivity contribution in [2.75, 3.05) is 11.9 Å². The molecule has 0 radical (unpaired) electrons. The molecule has 0 bridgehead atoms. The van der Waals surface area contributed by atoms with E-state index in [0.29, 0.717) is 5.92 Å². The van der Waals surface area contributed by atoms with Gasteiger partial charge in [0.1, 0.15) is 6.04 Å². The number of rotatable bonds is 4. The summed E-state index contributed by atoms with van der Waals surface area (Å²) in [6.07, 6.45) is 6.62. The Bertz CT molecular complexity index is 421. The summed E-state index contributed by atoms with van der Waals surface area (Å²) < 4.78 is 0. The second-order valence-corrected chi connectivity index (χ2v) is 5.55. The summed E-state index contributed by atoms with van der Waals surface area (Å²) in [4.78, 5) is 12.8. The van der Waals surface area contributed by atoms with E-state index in [9.17, 15) is 4.79 Å². The van der Waals surface area contributed by atoms with E-state index in [1.807, 2.05) is 19.2 Å². The largest absolute Gasteiger partial charge is 0.480 e. The molecule has 0 saturated heterocycles. The molecule has 0 amide bonds. The highest BCUT2D eigenvalue weighted by Crippen LogP contribution is 2.33. The van der Waals surface area contributed by atoms with Crippen LogP contribution in [0.1, 0.15) is 50.5 Å². The zero-order valence-corrected chi connectivity index (χ0v) is 11.8. The molecule has 1 aromatic rings. The quantitative estimate of drug-likeness (QED) is 0.899. The third kappa shape index (κ3) is 3.28. The van der Waals surface area contributed by atoms with Gasteiger partial charge in [0, 0.05) is 12.7 Å². The highest BCUT2D eigenvalue weighted by molar-refractivity contribution is 5.77. The molecule has 1 atom stereocenters. The summed E-state index contributed by atoms with van der Waals surface area (Å²) in [5.74, 6) is -0.0936. The molecule has 3 nitrogen and oxygen atoms in total. The second-order valence-electron chi connectivity index (χ2n) is 5.55. The monoisotopic (exact) mass is 261 g/mol. The van der Waals surface area contributed by atoms with Gasteiger partial charge in [0.25, 0.3) is 0 Å². The van der Waals surface area contributed by atoms with Gasteiger partial charge in [-0.3, -0.25) is 0 Å². The van der Waals surface area contributed by atoms with Gasteiger partial charge in [0.15, 0.2) is 0 Å². The third-order valence-electron chi connectivity index (χ3n) is 4.32. The van der Waals surface area contributed by atoms with E-state index < -0.39 is 12.0 Å². The molecule has 19 heavy (non-hydrogen) atoms. The summed E-state index contributed by atoms with van der Waals surface area (Å²) in [5.41, 5.74) is 2.37. The van der Waals surface area contributed by atoms with Crippen LogP contribution in [0.5, 0.6) is 0 Å². The van der Waals surface area contributed by atoms with Crippen LogP contribution in [0, 0.1) is 0 Å². The van der Waals surface area contributed by atoms with Gasteiger partial charge in [-0.05, 0) is 43.4 Å². The van der Waals surface area contributed by atoms with Crippen LogP contribution in [-0.4, -0.2) is 24.2 Å². The van der Waals surface area contributed by atoms with Crippen molar-refractivity contribution in [1.29, 1.82) is 0 Å². The van der Waals surface area contributed by atoms with E-state index in [0.717, 1.165) is 5.69 Å². The number of anilines is 1. The van der Waals surface area contributed by atoms with Gasteiger partial charge in [0.2, 0.25) is 0 Å². The van der Waals surface area contributed by atoms with Crippen molar-refractivity contribution in [2.24, 2.45) is 0 Å². The number of hydrogen-bond donors (Lipinski definition) is 1. The maximum atomic E-state index is 11.0. The van der Waals surface area contributed by atoms with E-state index in [2.05, 4.69) is 12.1 Å². The molecular weight excluding hydrogens is 238 g/mol. The van der Waals surface area contributed by atoms with Gasteiger partial charge in [-0.1, -0.05) is 31.4 Å². The molecule has 1 aliphatic rings. The second kappa shape index (κ2) is 6.09. The lowest BCUT2D eigenvalue weighted by atomic mass is 9.84. The van der Waals surface area contributed by atoms with E-state index in [-0.39, 0.29) is 0 Å². The van der Waals surface area contributed by atoms with Crippen LogP contribution in [-0.2, 0) is 4.79 Å². The Morgan fingerprint density at radius 1 is 1.21 bits per heavy atom. The highest BCUT2D eigenvalue weighted by Gasteiger charge is 2.18. The first kappa shape index (κ1) is 13.9. The van der Waals surface area contributed by atoms with Crippen LogP contribution in [0.15, 0.2) is 24.3 Å². The average Bonchev–Trinajstić information content (AvgIpc) is 2.46. The van der Waals surface area contributed by atoms with Crippen molar-refractivity contribution in [2.45, 2.75) is 51.0 Å². The lowest BCUT2D eigenvalue weighted by Crippen LogP contribution is -2.35. The average molecular weight is 261 g/mol. The predicted molar refractivity (Wildman–Crippen MR) is 77.8 cm³/mol. The zero-order chi connectivity index (χ0) is 13.8. The van der Waals surface area contributed by atoms with E-state index >= 15 is 0 Å². The van der Waals surface area contributed by atoms with E-state index in [4.69, 9.17) is 5.11 Å². The van der Waals surface area contributed by atoms with Crippen LogP contribution >= 0.6 is 0 Å². The number of nitrogens with zero attached hydrogens (tertiary/aromatic N) is 1.